The summed E-state index contributed by atoms with van der Waals surface area (Å²) in [5.41, 5.74) is 1.52. The number of hydrogen-bond donors (Lipinski definition) is 4. The van der Waals surface area contributed by atoms with Crippen molar-refractivity contribution in [2.24, 2.45) is 0 Å². The Balaban J connectivity index is 2.44. The van der Waals surface area contributed by atoms with Crippen LogP contribution in [0.3, 0.4) is 0 Å². The summed E-state index contributed by atoms with van der Waals surface area (Å²) in [4.78, 5) is -0.617. The zero-order valence-electron chi connectivity index (χ0n) is 17.4. The fourth-order valence-electron chi connectivity index (χ4n) is 2.70. The van der Waals surface area contributed by atoms with E-state index in [4.69, 9.17) is 8.37 Å². The van der Waals surface area contributed by atoms with Gasteiger partial charge in [-0.05, 0) is 38.1 Å². The lowest BCUT2D eigenvalue weighted by Gasteiger charge is -2.31. The molecule has 0 unspecified atom stereocenters. The van der Waals surface area contributed by atoms with Gasteiger partial charge in [0.15, 0.2) is 0 Å². The summed E-state index contributed by atoms with van der Waals surface area (Å²) in [7, 11) is -9.17. The second kappa shape index (κ2) is 10.8. The van der Waals surface area contributed by atoms with Crippen LogP contribution >= 0.6 is 0 Å². The van der Waals surface area contributed by atoms with Crippen LogP contribution in [0, 0.1) is 13.8 Å². The molecule has 0 saturated carbocycles. The smallest absolute Gasteiger partial charge is 0.297 e. The molecule has 0 amide bonds. The molecule has 2 rings (SSSR count). The highest BCUT2D eigenvalue weighted by Crippen LogP contribution is 2.25. The van der Waals surface area contributed by atoms with Crippen molar-refractivity contribution in [2.75, 3.05) is 13.2 Å². The third kappa shape index (κ3) is 6.56. The van der Waals surface area contributed by atoms with Crippen molar-refractivity contribution in [1.82, 2.24) is 0 Å². The molecule has 12 heteroatoms. The first-order chi connectivity index (χ1) is 14.9. The van der Waals surface area contributed by atoms with Gasteiger partial charge in [0.2, 0.25) is 0 Å². The first-order valence-electron chi connectivity index (χ1n) is 9.49. The monoisotopic (exact) mass is 490 g/mol. The third-order valence-corrected chi connectivity index (χ3v) is 7.20. The summed E-state index contributed by atoms with van der Waals surface area (Å²) < 4.78 is 60.8. The minimum atomic E-state index is -4.58. The standard InChI is InChI=1S/C20H26O10S2/c1-13-3-7-15(8-4-13)31(25,26)29-19(17(23)11-21)20(18(24)12-22)30-32(27,28)16-9-5-14(2)6-10-16/h3-10,17-24H,11-12H2,1-2H3/t17-,18-,19-,20-/m1/s1. The molecular weight excluding hydrogens is 464 g/mol. The molecule has 2 aromatic carbocycles. The van der Waals surface area contributed by atoms with E-state index in [2.05, 4.69) is 0 Å². The Hall–Kier alpha value is -1.90. The zero-order chi connectivity index (χ0) is 24.1. The van der Waals surface area contributed by atoms with Crippen molar-refractivity contribution in [3.63, 3.8) is 0 Å². The molecule has 0 heterocycles. The van der Waals surface area contributed by atoms with Crippen LogP contribution in [-0.2, 0) is 28.6 Å². The lowest BCUT2D eigenvalue weighted by Crippen LogP contribution is -2.51. The molecule has 0 aliphatic carbocycles. The van der Waals surface area contributed by atoms with E-state index in [0.717, 1.165) is 11.1 Å². The van der Waals surface area contributed by atoms with Gasteiger partial charge in [-0.3, -0.25) is 8.37 Å². The molecule has 0 aliphatic heterocycles. The Morgan fingerprint density at radius 3 is 1.19 bits per heavy atom. The number of aliphatic hydroxyl groups excluding tert-OH is 4. The van der Waals surface area contributed by atoms with Crippen LogP contribution in [0.2, 0.25) is 0 Å². The summed E-state index contributed by atoms with van der Waals surface area (Å²) in [6.45, 7) is 1.37. The molecule has 0 aliphatic rings. The lowest BCUT2D eigenvalue weighted by atomic mass is 10.0. The summed E-state index contributed by atoms with van der Waals surface area (Å²) in [6.07, 6.45) is -8.10. The first-order valence-corrected chi connectivity index (χ1v) is 12.3. The van der Waals surface area contributed by atoms with Crippen LogP contribution in [0.15, 0.2) is 58.3 Å². The molecule has 178 valence electrons. The predicted octanol–water partition coefficient (Wildman–Crippen LogP) is -0.142. The van der Waals surface area contributed by atoms with Gasteiger partial charge in [0.25, 0.3) is 20.2 Å². The Labute approximate surface area is 186 Å². The van der Waals surface area contributed by atoms with Crippen molar-refractivity contribution < 1.29 is 45.6 Å². The highest BCUT2D eigenvalue weighted by Gasteiger charge is 2.42. The fourth-order valence-corrected chi connectivity index (χ4v) is 4.92. The number of aryl methyl sites for hydroxylation is 2. The topological polar surface area (TPSA) is 168 Å². The normalized spacial score (nSPS) is 16.3. The van der Waals surface area contributed by atoms with E-state index in [0.29, 0.717) is 0 Å². The van der Waals surface area contributed by atoms with E-state index in [9.17, 15) is 37.3 Å². The molecule has 0 bridgehead atoms. The van der Waals surface area contributed by atoms with Crippen LogP contribution in [-0.4, -0.2) is 74.9 Å². The van der Waals surface area contributed by atoms with Crippen LogP contribution in [0.25, 0.3) is 0 Å². The van der Waals surface area contributed by atoms with Crippen molar-refractivity contribution in [3.05, 3.63) is 59.7 Å². The molecule has 32 heavy (non-hydrogen) atoms. The predicted molar refractivity (Wildman–Crippen MR) is 113 cm³/mol. The minimum Gasteiger partial charge on any atom is -0.394 e. The van der Waals surface area contributed by atoms with Crippen LogP contribution in [0.1, 0.15) is 11.1 Å². The highest BCUT2D eigenvalue weighted by molar-refractivity contribution is 7.87. The minimum absolute atomic E-state index is 0.308. The second-order valence-electron chi connectivity index (χ2n) is 7.16. The van der Waals surface area contributed by atoms with E-state index in [1.54, 1.807) is 13.8 Å². The Morgan fingerprint density at radius 2 is 0.938 bits per heavy atom. The highest BCUT2D eigenvalue weighted by atomic mass is 32.2. The summed E-state index contributed by atoms with van der Waals surface area (Å²) >= 11 is 0. The van der Waals surface area contributed by atoms with Gasteiger partial charge in [0, 0.05) is 0 Å². The van der Waals surface area contributed by atoms with E-state index in [1.807, 2.05) is 0 Å². The van der Waals surface area contributed by atoms with Gasteiger partial charge in [0.1, 0.15) is 24.4 Å². The molecule has 4 atom stereocenters. The first kappa shape index (κ1) is 26.4. The second-order valence-corrected chi connectivity index (χ2v) is 10.3. The number of hydrogen-bond acceptors (Lipinski definition) is 10. The van der Waals surface area contributed by atoms with Crippen molar-refractivity contribution in [3.8, 4) is 0 Å². The van der Waals surface area contributed by atoms with Gasteiger partial charge >= 0.3 is 0 Å². The quantitative estimate of drug-likeness (QED) is 0.311. The maximum Gasteiger partial charge on any atom is 0.297 e. The molecule has 0 saturated heterocycles. The molecule has 4 N–H and O–H groups in total. The van der Waals surface area contributed by atoms with Gasteiger partial charge in [0.05, 0.1) is 23.0 Å². The number of aliphatic hydroxyl groups is 4. The molecule has 10 nitrogen and oxygen atoms in total. The zero-order valence-corrected chi connectivity index (χ0v) is 19.0. The number of rotatable bonds is 11. The number of benzene rings is 2. The molecule has 0 aromatic heterocycles. The Bertz CT molecular complexity index is 991. The van der Waals surface area contributed by atoms with Crippen molar-refractivity contribution in [1.29, 1.82) is 0 Å². The summed E-state index contributed by atoms with van der Waals surface area (Å²) in [5.74, 6) is 0. The van der Waals surface area contributed by atoms with Crippen molar-refractivity contribution in [2.45, 2.75) is 48.1 Å². The molecule has 2 aromatic rings. The summed E-state index contributed by atoms with van der Waals surface area (Å²) in [6, 6.07) is 10.9. The molecule has 0 spiro atoms. The van der Waals surface area contributed by atoms with Gasteiger partial charge < -0.3 is 20.4 Å². The van der Waals surface area contributed by atoms with Crippen LogP contribution in [0.5, 0.6) is 0 Å². The van der Waals surface area contributed by atoms with E-state index < -0.39 is 57.9 Å². The van der Waals surface area contributed by atoms with Gasteiger partial charge in [-0.2, -0.15) is 16.8 Å². The molecule has 0 radical (unpaired) electrons. The largest absolute Gasteiger partial charge is 0.394 e. The molecular formula is C20H26O10S2. The maximum absolute atomic E-state index is 12.7. The lowest BCUT2D eigenvalue weighted by molar-refractivity contribution is -0.0987. The van der Waals surface area contributed by atoms with Crippen molar-refractivity contribution >= 4 is 20.2 Å². The van der Waals surface area contributed by atoms with Crippen LogP contribution in [0.4, 0.5) is 0 Å². The van der Waals surface area contributed by atoms with Gasteiger partial charge in [-0.15, -0.1) is 0 Å². The maximum atomic E-state index is 12.7. The Morgan fingerprint density at radius 1 is 0.656 bits per heavy atom. The fraction of sp³-hybridized carbons (Fsp3) is 0.400. The molecule has 0 fully saturated rings. The van der Waals surface area contributed by atoms with Crippen LogP contribution < -0.4 is 0 Å². The van der Waals surface area contributed by atoms with Gasteiger partial charge in [-0.25, -0.2) is 0 Å². The average molecular weight is 491 g/mol. The van der Waals surface area contributed by atoms with E-state index in [-0.39, 0.29) is 9.79 Å². The third-order valence-electron chi connectivity index (χ3n) is 4.55. The van der Waals surface area contributed by atoms with E-state index >= 15 is 0 Å². The summed E-state index contributed by atoms with van der Waals surface area (Å²) in [5, 5.41) is 39.1. The Kier molecular flexibility index (Phi) is 8.90. The van der Waals surface area contributed by atoms with E-state index in [1.165, 1.54) is 48.5 Å². The SMILES string of the molecule is Cc1ccc(S(=O)(=O)O[C@@H]([C@H](OS(=O)(=O)c2ccc(C)cc2)[C@H](O)CO)[C@H](O)CO)cc1. The van der Waals surface area contributed by atoms with Gasteiger partial charge in [-0.1, -0.05) is 35.4 Å². The average Bonchev–Trinajstić information content (AvgIpc) is 2.75.